The molecule has 0 aliphatic carbocycles. The maximum absolute atomic E-state index is 4.10. The zero-order valence-corrected chi connectivity index (χ0v) is 11.2. The minimum atomic E-state index is 0.912. The molecule has 1 aromatic heterocycles. The molecule has 0 bridgehead atoms. The van der Waals surface area contributed by atoms with Gasteiger partial charge < -0.3 is 4.98 Å². The molecule has 0 atom stereocenters. The van der Waals surface area contributed by atoms with Gasteiger partial charge in [0.15, 0.2) is 0 Å². The van der Waals surface area contributed by atoms with Crippen LogP contribution in [0.2, 0.25) is 0 Å². The first-order valence-corrected chi connectivity index (χ1v) is 6.27. The van der Waals surface area contributed by atoms with Crippen molar-refractivity contribution in [1.82, 2.24) is 9.97 Å². The van der Waals surface area contributed by atoms with Gasteiger partial charge in [-0.05, 0) is 40.4 Å². The van der Waals surface area contributed by atoms with E-state index >= 15 is 0 Å². The summed E-state index contributed by atoms with van der Waals surface area (Å²) in [5.74, 6) is 0. The monoisotopic (exact) mass is 328 g/mol. The van der Waals surface area contributed by atoms with Gasteiger partial charge in [0, 0.05) is 10.2 Å². The average Bonchev–Trinajstić information content (AvgIpc) is 2.63. The van der Waals surface area contributed by atoms with E-state index in [9.17, 15) is 0 Å². The van der Waals surface area contributed by atoms with Crippen LogP contribution in [-0.4, -0.2) is 9.97 Å². The minimum absolute atomic E-state index is 0.912. The van der Waals surface area contributed by atoms with Gasteiger partial charge in [0.25, 0.3) is 0 Å². The molecule has 1 aromatic carbocycles. The first-order valence-electron chi connectivity index (χ1n) is 4.68. The highest BCUT2D eigenvalue weighted by Gasteiger charge is 2.04. The largest absolute Gasteiger partial charge is 0.348 e. The quantitative estimate of drug-likeness (QED) is 0.913. The predicted octanol–water partition coefficient (Wildman–Crippen LogP) is 3.72. The Balaban J connectivity index is 2.06. The molecule has 0 unspecified atom stereocenters. The van der Waals surface area contributed by atoms with Crippen LogP contribution in [0.4, 0.5) is 0 Å². The molecule has 0 amide bonds. The van der Waals surface area contributed by atoms with Crippen molar-refractivity contribution < 1.29 is 0 Å². The first-order chi connectivity index (χ1) is 7.27. The lowest BCUT2D eigenvalue weighted by Gasteiger charge is -2.02. The zero-order chi connectivity index (χ0) is 10.7. The molecule has 4 heteroatoms. The van der Waals surface area contributed by atoms with Crippen molar-refractivity contribution in [3.8, 4) is 0 Å². The number of imidazole rings is 1. The second kappa shape index (κ2) is 4.94. The Bertz CT molecular complexity index is 451. The predicted molar refractivity (Wildman–Crippen MR) is 67.8 cm³/mol. The molecule has 0 aliphatic heterocycles. The number of hydrogen-bond donors (Lipinski definition) is 1. The Kier molecular flexibility index (Phi) is 3.59. The molecule has 0 fully saturated rings. The van der Waals surface area contributed by atoms with Gasteiger partial charge in [0.05, 0.1) is 6.33 Å². The lowest BCUT2D eigenvalue weighted by Crippen LogP contribution is -1.93. The number of aromatic amines is 1. The van der Waals surface area contributed by atoms with Crippen LogP contribution in [0.25, 0.3) is 0 Å². The number of halogens is 2. The highest BCUT2D eigenvalue weighted by atomic mass is 79.9. The van der Waals surface area contributed by atoms with Gasteiger partial charge in [0.1, 0.15) is 4.60 Å². The average molecular weight is 330 g/mol. The number of H-pyrrole nitrogens is 1. The van der Waals surface area contributed by atoms with Gasteiger partial charge in [-0.25, -0.2) is 4.98 Å². The van der Waals surface area contributed by atoms with E-state index in [2.05, 4.69) is 60.0 Å². The van der Waals surface area contributed by atoms with Crippen LogP contribution in [0.1, 0.15) is 11.3 Å². The molecule has 78 valence electrons. The van der Waals surface area contributed by atoms with Crippen LogP contribution in [0.3, 0.4) is 0 Å². The van der Waals surface area contributed by atoms with Gasteiger partial charge in [0.2, 0.25) is 0 Å². The maximum Gasteiger partial charge on any atom is 0.127 e. The summed E-state index contributed by atoms with van der Waals surface area (Å²) in [4.78, 5) is 7.22. The molecule has 2 aromatic rings. The van der Waals surface area contributed by atoms with E-state index in [1.165, 1.54) is 10.0 Å². The molecular formula is C11H10Br2N2. The summed E-state index contributed by atoms with van der Waals surface area (Å²) in [6.45, 7) is 0. The molecule has 15 heavy (non-hydrogen) atoms. The summed E-state index contributed by atoms with van der Waals surface area (Å²) >= 11 is 6.95. The van der Waals surface area contributed by atoms with Gasteiger partial charge in [-0.3, -0.25) is 0 Å². The standard InChI is InChI=1S/C11H10Br2N2/c12-9-4-2-1-3-8(9)5-6-10-11(13)15-7-14-10/h1-4,7H,5-6H2,(H,14,15). The number of nitrogens with one attached hydrogen (secondary N) is 1. The van der Waals surface area contributed by atoms with E-state index in [-0.39, 0.29) is 0 Å². The summed E-state index contributed by atoms with van der Waals surface area (Å²) < 4.78 is 2.08. The van der Waals surface area contributed by atoms with Crippen molar-refractivity contribution in [2.45, 2.75) is 12.8 Å². The lowest BCUT2D eigenvalue weighted by molar-refractivity contribution is 0.915. The van der Waals surface area contributed by atoms with Crippen molar-refractivity contribution >= 4 is 31.9 Å². The van der Waals surface area contributed by atoms with Crippen LogP contribution in [-0.2, 0) is 12.8 Å². The fraction of sp³-hybridized carbons (Fsp3) is 0.182. The van der Waals surface area contributed by atoms with E-state index in [0.717, 1.165) is 23.1 Å². The van der Waals surface area contributed by atoms with E-state index in [1.807, 2.05) is 6.07 Å². The summed E-state index contributed by atoms with van der Waals surface area (Å²) in [6, 6.07) is 8.29. The topological polar surface area (TPSA) is 28.7 Å². The molecule has 0 aliphatic rings. The number of aryl methyl sites for hydroxylation is 2. The second-order valence-corrected chi connectivity index (χ2v) is 4.87. The Morgan fingerprint density at radius 2 is 1.93 bits per heavy atom. The maximum atomic E-state index is 4.10. The minimum Gasteiger partial charge on any atom is -0.348 e. The van der Waals surface area contributed by atoms with E-state index in [0.29, 0.717) is 0 Å². The number of hydrogen-bond acceptors (Lipinski definition) is 1. The van der Waals surface area contributed by atoms with Crippen LogP contribution in [0.15, 0.2) is 39.7 Å². The molecule has 0 spiro atoms. The van der Waals surface area contributed by atoms with Gasteiger partial charge >= 0.3 is 0 Å². The normalized spacial score (nSPS) is 10.5. The Morgan fingerprint density at radius 3 is 2.60 bits per heavy atom. The van der Waals surface area contributed by atoms with E-state index in [1.54, 1.807) is 6.33 Å². The van der Waals surface area contributed by atoms with Crippen LogP contribution < -0.4 is 0 Å². The van der Waals surface area contributed by atoms with Crippen LogP contribution in [0, 0.1) is 0 Å². The first kappa shape index (κ1) is 10.9. The summed E-state index contributed by atoms with van der Waals surface area (Å²) in [5, 5.41) is 0. The molecule has 2 nitrogen and oxygen atoms in total. The molecule has 0 saturated carbocycles. The number of rotatable bonds is 3. The molecule has 1 heterocycles. The summed E-state index contributed by atoms with van der Waals surface area (Å²) in [5.41, 5.74) is 2.46. The third kappa shape index (κ3) is 2.69. The van der Waals surface area contributed by atoms with Crippen molar-refractivity contribution in [2.75, 3.05) is 0 Å². The molecule has 1 N–H and O–H groups in total. The highest BCUT2D eigenvalue weighted by Crippen LogP contribution is 2.19. The Morgan fingerprint density at radius 1 is 1.13 bits per heavy atom. The van der Waals surface area contributed by atoms with Crippen LogP contribution in [0.5, 0.6) is 0 Å². The summed E-state index contributed by atoms with van der Waals surface area (Å²) in [7, 11) is 0. The number of aromatic nitrogens is 2. The van der Waals surface area contributed by atoms with Crippen molar-refractivity contribution in [3.63, 3.8) is 0 Å². The zero-order valence-electron chi connectivity index (χ0n) is 8.00. The Hall–Kier alpha value is -0.610. The molecular weight excluding hydrogens is 320 g/mol. The fourth-order valence-corrected chi connectivity index (χ4v) is 2.34. The van der Waals surface area contributed by atoms with Gasteiger partial charge in [-0.15, -0.1) is 0 Å². The second-order valence-electron chi connectivity index (χ2n) is 3.26. The fourth-order valence-electron chi connectivity index (χ4n) is 1.44. The van der Waals surface area contributed by atoms with Crippen molar-refractivity contribution in [3.05, 3.63) is 50.9 Å². The van der Waals surface area contributed by atoms with Crippen LogP contribution >= 0.6 is 31.9 Å². The molecule has 2 rings (SSSR count). The lowest BCUT2D eigenvalue weighted by atomic mass is 10.1. The van der Waals surface area contributed by atoms with Crippen molar-refractivity contribution in [1.29, 1.82) is 0 Å². The van der Waals surface area contributed by atoms with Gasteiger partial charge in [-0.1, -0.05) is 34.1 Å². The Labute approximate surface area is 105 Å². The van der Waals surface area contributed by atoms with Gasteiger partial charge in [-0.2, -0.15) is 0 Å². The third-order valence-corrected chi connectivity index (χ3v) is 3.72. The smallest absolute Gasteiger partial charge is 0.127 e. The molecule has 0 radical (unpaired) electrons. The van der Waals surface area contributed by atoms with Crippen molar-refractivity contribution in [2.24, 2.45) is 0 Å². The summed E-state index contributed by atoms with van der Waals surface area (Å²) in [6.07, 6.45) is 3.67. The van der Waals surface area contributed by atoms with E-state index < -0.39 is 0 Å². The molecule has 0 saturated heterocycles. The SMILES string of the molecule is Brc1ccccc1CCc1[nH]cnc1Br. The highest BCUT2D eigenvalue weighted by molar-refractivity contribution is 9.10. The van der Waals surface area contributed by atoms with E-state index in [4.69, 9.17) is 0 Å². The number of nitrogens with zero attached hydrogens (tertiary/aromatic N) is 1. The third-order valence-electron chi connectivity index (χ3n) is 2.27. The number of benzene rings is 1.